The number of hydrogen-bond acceptors (Lipinski definition) is 7. The van der Waals surface area contributed by atoms with Gasteiger partial charge < -0.3 is 14.5 Å². The Labute approximate surface area is 172 Å². The number of carbonyl (C=O) groups excluding carboxylic acids is 1. The van der Waals surface area contributed by atoms with Crippen molar-refractivity contribution in [3.8, 4) is 10.8 Å². The van der Waals surface area contributed by atoms with Crippen LogP contribution in [0, 0.1) is 6.92 Å². The second-order valence-electron chi connectivity index (χ2n) is 6.21. The van der Waals surface area contributed by atoms with Crippen LogP contribution in [0.5, 0.6) is 0 Å². The molecule has 148 valence electrons. The van der Waals surface area contributed by atoms with Gasteiger partial charge >= 0.3 is 0 Å². The number of carbonyl (C=O) groups is 1. The monoisotopic (exact) mass is 420 g/mol. The molecule has 0 unspecified atom stereocenters. The first kappa shape index (κ1) is 20.5. The lowest BCUT2D eigenvalue weighted by molar-refractivity contribution is -0.117. The molecule has 2 aromatic heterocycles. The van der Waals surface area contributed by atoms with Crippen LogP contribution < -0.4 is 5.32 Å². The van der Waals surface area contributed by atoms with Crippen molar-refractivity contribution in [1.29, 1.82) is 0 Å². The molecule has 1 amide bonds. The SMILES string of the molecule is COCCN(CC(=O)Nc1ccc(C)cc1Cl)Cc1nnc(-c2cccs2)o1. The molecule has 0 aliphatic rings. The highest BCUT2D eigenvalue weighted by Gasteiger charge is 2.17. The van der Waals surface area contributed by atoms with Gasteiger partial charge in [-0.05, 0) is 36.1 Å². The van der Waals surface area contributed by atoms with Gasteiger partial charge in [0.15, 0.2) is 0 Å². The Hall–Kier alpha value is -2.26. The molecular formula is C19H21ClN4O3S. The van der Waals surface area contributed by atoms with Crippen LogP contribution in [-0.2, 0) is 16.1 Å². The zero-order chi connectivity index (χ0) is 19.9. The highest BCUT2D eigenvalue weighted by Crippen LogP contribution is 2.24. The van der Waals surface area contributed by atoms with E-state index >= 15 is 0 Å². The van der Waals surface area contributed by atoms with Crippen molar-refractivity contribution < 1.29 is 13.9 Å². The molecule has 9 heteroatoms. The van der Waals surface area contributed by atoms with Crippen molar-refractivity contribution in [3.63, 3.8) is 0 Å². The molecule has 2 heterocycles. The maximum atomic E-state index is 12.5. The highest BCUT2D eigenvalue weighted by atomic mass is 35.5. The van der Waals surface area contributed by atoms with Gasteiger partial charge in [-0.3, -0.25) is 9.69 Å². The third-order valence-electron chi connectivity index (χ3n) is 3.94. The molecule has 0 aliphatic heterocycles. The van der Waals surface area contributed by atoms with Crippen LogP contribution in [0.25, 0.3) is 10.8 Å². The Kier molecular flexibility index (Phi) is 7.16. The number of anilines is 1. The molecule has 7 nitrogen and oxygen atoms in total. The molecule has 1 aromatic carbocycles. The summed E-state index contributed by atoms with van der Waals surface area (Å²) in [5.74, 6) is 0.744. The molecule has 0 saturated heterocycles. The zero-order valence-electron chi connectivity index (χ0n) is 15.6. The Balaban J connectivity index is 1.63. The van der Waals surface area contributed by atoms with E-state index in [1.165, 1.54) is 11.3 Å². The molecular weight excluding hydrogens is 400 g/mol. The van der Waals surface area contributed by atoms with Crippen LogP contribution in [0.3, 0.4) is 0 Å². The summed E-state index contributed by atoms with van der Waals surface area (Å²) in [4.78, 5) is 15.3. The van der Waals surface area contributed by atoms with Gasteiger partial charge in [0.2, 0.25) is 11.8 Å². The maximum Gasteiger partial charge on any atom is 0.257 e. The fraction of sp³-hybridized carbons (Fsp3) is 0.316. The van der Waals surface area contributed by atoms with Gasteiger partial charge in [0, 0.05) is 13.7 Å². The van der Waals surface area contributed by atoms with Crippen LogP contribution in [0.15, 0.2) is 40.1 Å². The zero-order valence-corrected chi connectivity index (χ0v) is 17.2. The second-order valence-corrected chi connectivity index (χ2v) is 7.57. The van der Waals surface area contributed by atoms with Crippen LogP contribution in [0.2, 0.25) is 5.02 Å². The standard InChI is InChI=1S/C19H21ClN4O3S/c1-13-5-6-15(14(20)10-13)21-17(25)11-24(7-8-26-2)12-18-22-23-19(27-18)16-4-3-9-28-16/h3-6,9-10H,7-8,11-12H2,1-2H3,(H,21,25). The molecule has 0 radical (unpaired) electrons. The fourth-order valence-corrected chi connectivity index (χ4v) is 3.48. The molecule has 28 heavy (non-hydrogen) atoms. The Morgan fingerprint density at radius 3 is 2.93 bits per heavy atom. The van der Waals surface area contributed by atoms with E-state index in [2.05, 4.69) is 15.5 Å². The van der Waals surface area contributed by atoms with Crippen LogP contribution in [-0.4, -0.2) is 47.8 Å². The van der Waals surface area contributed by atoms with Gasteiger partial charge in [-0.25, -0.2) is 0 Å². The Morgan fingerprint density at radius 2 is 2.21 bits per heavy atom. The summed E-state index contributed by atoms with van der Waals surface area (Å²) in [7, 11) is 1.62. The quantitative estimate of drug-likeness (QED) is 0.566. The lowest BCUT2D eigenvalue weighted by atomic mass is 10.2. The fourth-order valence-electron chi connectivity index (χ4n) is 2.56. The van der Waals surface area contributed by atoms with E-state index in [1.54, 1.807) is 13.2 Å². The van der Waals surface area contributed by atoms with E-state index < -0.39 is 0 Å². The molecule has 0 aliphatic carbocycles. The Morgan fingerprint density at radius 1 is 1.36 bits per heavy atom. The van der Waals surface area contributed by atoms with Crippen molar-refractivity contribution >= 4 is 34.5 Å². The molecule has 3 aromatic rings. The number of methoxy groups -OCH3 is 1. The first-order valence-electron chi connectivity index (χ1n) is 8.68. The summed E-state index contributed by atoms with van der Waals surface area (Å²) in [6.45, 7) is 3.45. The molecule has 0 fully saturated rings. The summed E-state index contributed by atoms with van der Waals surface area (Å²) in [5, 5.41) is 13.5. The topological polar surface area (TPSA) is 80.5 Å². The molecule has 0 spiro atoms. The van der Waals surface area contributed by atoms with Crippen LogP contribution in [0.1, 0.15) is 11.5 Å². The van der Waals surface area contributed by atoms with Crippen LogP contribution >= 0.6 is 22.9 Å². The van der Waals surface area contributed by atoms with Crippen molar-refractivity contribution in [1.82, 2.24) is 15.1 Å². The number of nitrogens with one attached hydrogen (secondary N) is 1. The van der Waals surface area contributed by atoms with Crippen molar-refractivity contribution in [2.75, 3.05) is 32.1 Å². The predicted molar refractivity (Wildman–Crippen MR) is 110 cm³/mol. The first-order chi connectivity index (χ1) is 13.5. The molecule has 1 N–H and O–H groups in total. The summed E-state index contributed by atoms with van der Waals surface area (Å²) in [6.07, 6.45) is 0. The van der Waals surface area contributed by atoms with Crippen molar-refractivity contribution in [3.05, 3.63) is 52.2 Å². The average molecular weight is 421 g/mol. The number of halogens is 1. The molecule has 3 rings (SSSR count). The van der Waals surface area contributed by atoms with Gasteiger partial charge in [-0.1, -0.05) is 23.7 Å². The number of aromatic nitrogens is 2. The summed E-state index contributed by atoms with van der Waals surface area (Å²) in [5.41, 5.74) is 1.62. The number of amides is 1. The van der Waals surface area contributed by atoms with Gasteiger partial charge in [-0.15, -0.1) is 21.5 Å². The maximum absolute atomic E-state index is 12.5. The number of nitrogens with zero attached hydrogens (tertiary/aromatic N) is 3. The van der Waals surface area contributed by atoms with E-state index in [0.717, 1.165) is 10.4 Å². The minimum absolute atomic E-state index is 0.143. The van der Waals surface area contributed by atoms with E-state index in [0.29, 0.717) is 42.2 Å². The van der Waals surface area contributed by atoms with E-state index in [-0.39, 0.29) is 12.5 Å². The molecule has 0 bridgehead atoms. The lowest BCUT2D eigenvalue weighted by Crippen LogP contribution is -2.35. The average Bonchev–Trinajstić information content (AvgIpc) is 3.33. The third kappa shape index (κ3) is 5.62. The molecule has 0 atom stereocenters. The number of aryl methyl sites for hydroxylation is 1. The second kappa shape index (κ2) is 9.79. The third-order valence-corrected chi connectivity index (χ3v) is 5.11. The first-order valence-corrected chi connectivity index (χ1v) is 9.94. The van der Waals surface area contributed by atoms with Gasteiger partial charge in [0.1, 0.15) is 0 Å². The predicted octanol–water partition coefficient (Wildman–Crippen LogP) is 3.85. The highest BCUT2D eigenvalue weighted by molar-refractivity contribution is 7.13. The number of hydrogen-bond donors (Lipinski definition) is 1. The summed E-state index contributed by atoms with van der Waals surface area (Å²) >= 11 is 7.72. The number of ether oxygens (including phenoxy) is 1. The summed E-state index contributed by atoms with van der Waals surface area (Å²) < 4.78 is 10.9. The Bertz CT molecular complexity index is 914. The summed E-state index contributed by atoms with van der Waals surface area (Å²) in [6, 6.07) is 9.35. The van der Waals surface area contributed by atoms with Crippen molar-refractivity contribution in [2.24, 2.45) is 0 Å². The number of benzene rings is 1. The normalized spacial score (nSPS) is 11.1. The van der Waals surface area contributed by atoms with Gasteiger partial charge in [0.05, 0.1) is 35.3 Å². The minimum Gasteiger partial charge on any atom is -0.419 e. The minimum atomic E-state index is -0.181. The van der Waals surface area contributed by atoms with Crippen molar-refractivity contribution in [2.45, 2.75) is 13.5 Å². The lowest BCUT2D eigenvalue weighted by Gasteiger charge is -2.19. The van der Waals surface area contributed by atoms with Gasteiger partial charge in [0.25, 0.3) is 5.89 Å². The van der Waals surface area contributed by atoms with Crippen LogP contribution in [0.4, 0.5) is 5.69 Å². The van der Waals surface area contributed by atoms with Gasteiger partial charge in [-0.2, -0.15) is 0 Å². The molecule has 0 saturated carbocycles. The number of rotatable bonds is 9. The number of thiophene rings is 1. The largest absolute Gasteiger partial charge is 0.419 e. The smallest absolute Gasteiger partial charge is 0.257 e. The van der Waals surface area contributed by atoms with E-state index in [4.69, 9.17) is 20.8 Å². The van der Waals surface area contributed by atoms with E-state index in [9.17, 15) is 4.79 Å². The van der Waals surface area contributed by atoms with E-state index in [1.807, 2.05) is 41.5 Å².